The van der Waals surface area contributed by atoms with Crippen LogP contribution in [0.2, 0.25) is 0 Å². The number of carbonyl (C=O) groups excluding carboxylic acids is 1. The summed E-state index contributed by atoms with van der Waals surface area (Å²) in [5, 5.41) is 8.61. The fourth-order valence-corrected chi connectivity index (χ4v) is 3.43. The summed E-state index contributed by atoms with van der Waals surface area (Å²) in [6, 6.07) is 21.4. The van der Waals surface area contributed by atoms with Crippen molar-refractivity contribution in [3.8, 4) is 22.6 Å². The predicted molar refractivity (Wildman–Crippen MR) is 127 cm³/mol. The average molecular weight is 451 g/mol. The number of pyridine rings is 1. The van der Waals surface area contributed by atoms with Gasteiger partial charge in [-0.2, -0.15) is 10.1 Å². The molecule has 3 heterocycles. The van der Waals surface area contributed by atoms with Crippen molar-refractivity contribution in [3.05, 3.63) is 102 Å². The van der Waals surface area contributed by atoms with Crippen molar-refractivity contribution >= 4 is 11.9 Å². The van der Waals surface area contributed by atoms with Gasteiger partial charge in [0.05, 0.1) is 12.1 Å². The number of carbonyl (C=O) groups is 1. The standard InChI is InChI=1S/C25H21N7O2/c1-17-7-9-19(10-8-17)22-21(16-32(30-22)15-18-5-3-2-4-6-18)24(33)28-29-25-27-23(31-34-25)20-11-13-26-14-12-20/h2-14,16H,15H2,1H3,(H,28,33)(H,27,29,31). The molecule has 5 aromatic rings. The highest BCUT2D eigenvalue weighted by molar-refractivity contribution is 6.00. The van der Waals surface area contributed by atoms with Gasteiger partial charge in [0.25, 0.3) is 5.91 Å². The third-order valence-electron chi connectivity index (χ3n) is 5.17. The molecule has 168 valence electrons. The molecule has 0 atom stereocenters. The van der Waals surface area contributed by atoms with Gasteiger partial charge in [-0.15, -0.1) is 0 Å². The van der Waals surface area contributed by atoms with Gasteiger partial charge in [-0.3, -0.25) is 19.9 Å². The van der Waals surface area contributed by atoms with Gasteiger partial charge in [-0.05, 0) is 24.6 Å². The number of hydrazine groups is 1. The summed E-state index contributed by atoms with van der Waals surface area (Å²) in [6.45, 7) is 2.55. The lowest BCUT2D eigenvalue weighted by molar-refractivity contribution is 0.0961. The molecule has 0 bridgehead atoms. The lowest BCUT2D eigenvalue weighted by atomic mass is 10.1. The summed E-state index contributed by atoms with van der Waals surface area (Å²) in [7, 11) is 0. The quantitative estimate of drug-likeness (QED) is 0.358. The van der Waals surface area contributed by atoms with Gasteiger partial charge in [0.1, 0.15) is 5.69 Å². The van der Waals surface area contributed by atoms with Gasteiger partial charge in [0.15, 0.2) is 0 Å². The zero-order valence-corrected chi connectivity index (χ0v) is 18.3. The number of nitrogens with zero attached hydrogens (tertiary/aromatic N) is 5. The molecule has 0 aliphatic rings. The Balaban J connectivity index is 1.37. The molecular weight excluding hydrogens is 430 g/mol. The number of nitrogens with one attached hydrogen (secondary N) is 2. The van der Waals surface area contributed by atoms with Crippen LogP contribution < -0.4 is 10.9 Å². The fraction of sp³-hybridized carbons (Fsp3) is 0.0800. The normalized spacial score (nSPS) is 10.7. The highest BCUT2D eigenvalue weighted by Crippen LogP contribution is 2.23. The highest BCUT2D eigenvalue weighted by atomic mass is 16.5. The second-order valence-electron chi connectivity index (χ2n) is 7.68. The summed E-state index contributed by atoms with van der Waals surface area (Å²) >= 11 is 0. The van der Waals surface area contributed by atoms with Crippen molar-refractivity contribution in [1.82, 2.24) is 30.3 Å². The van der Waals surface area contributed by atoms with Crippen LogP contribution in [0.1, 0.15) is 21.5 Å². The van der Waals surface area contributed by atoms with E-state index in [0.717, 1.165) is 22.3 Å². The van der Waals surface area contributed by atoms with Crippen LogP contribution in [-0.4, -0.2) is 30.8 Å². The smallest absolute Gasteiger partial charge is 0.313 e. The number of amides is 1. The van der Waals surface area contributed by atoms with E-state index in [2.05, 4.69) is 26.0 Å². The monoisotopic (exact) mass is 451 g/mol. The maximum atomic E-state index is 13.1. The van der Waals surface area contributed by atoms with Gasteiger partial charge < -0.3 is 4.52 Å². The van der Waals surface area contributed by atoms with E-state index in [4.69, 9.17) is 9.62 Å². The Bertz CT molecular complexity index is 1390. The Morgan fingerprint density at radius 2 is 1.74 bits per heavy atom. The van der Waals surface area contributed by atoms with Gasteiger partial charge >= 0.3 is 6.01 Å². The Kier molecular flexibility index (Phi) is 5.81. The lowest BCUT2D eigenvalue weighted by Gasteiger charge is -2.05. The third-order valence-corrected chi connectivity index (χ3v) is 5.17. The molecule has 2 aromatic carbocycles. The number of hydrogen-bond acceptors (Lipinski definition) is 7. The Hall–Kier alpha value is -4.79. The largest absolute Gasteiger partial charge is 0.340 e. The van der Waals surface area contributed by atoms with Crippen molar-refractivity contribution in [2.45, 2.75) is 13.5 Å². The van der Waals surface area contributed by atoms with Crippen LogP contribution in [0.4, 0.5) is 6.01 Å². The first-order valence-corrected chi connectivity index (χ1v) is 10.6. The van der Waals surface area contributed by atoms with E-state index in [1.165, 1.54) is 0 Å². The number of benzene rings is 2. The molecule has 0 aliphatic heterocycles. The second-order valence-corrected chi connectivity index (χ2v) is 7.68. The third kappa shape index (κ3) is 4.68. The van der Waals surface area contributed by atoms with Gasteiger partial charge in [-0.25, -0.2) is 5.43 Å². The first-order valence-electron chi connectivity index (χ1n) is 10.6. The predicted octanol–water partition coefficient (Wildman–Crippen LogP) is 4.11. The van der Waals surface area contributed by atoms with Crippen molar-refractivity contribution in [3.63, 3.8) is 0 Å². The maximum Gasteiger partial charge on any atom is 0.340 e. The van der Waals surface area contributed by atoms with Gasteiger partial charge in [0, 0.05) is 29.7 Å². The van der Waals surface area contributed by atoms with Crippen LogP contribution in [-0.2, 0) is 6.54 Å². The number of rotatable bonds is 7. The SMILES string of the molecule is Cc1ccc(-c2nn(Cc3ccccc3)cc2C(=O)NNc2nc(-c3ccncc3)no2)cc1. The molecular formula is C25H21N7O2. The van der Waals surface area contributed by atoms with Crippen LogP contribution in [0, 0.1) is 6.92 Å². The van der Waals surface area contributed by atoms with Gasteiger partial charge in [0.2, 0.25) is 5.82 Å². The van der Waals surface area contributed by atoms with E-state index in [0.29, 0.717) is 23.6 Å². The number of anilines is 1. The number of aromatic nitrogens is 5. The molecule has 9 heteroatoms. The Labute approximate surface area is 195 Å². The molecule has 5 rings (SSSR count). The number of aryl methyl sites for hydroxylation is 1. The summed E-state index contributed by atoms with van der Waals surface area (Å²) < 4.78 is 6.95. The highest BCUT2D eigenvalue weighted by Gasteiger charge is 2.19. The molecule has 2 N–H and O–H groups in total. The van der Waals surface area contributed by atoms with E-state index >= 15 is 0 Å². The van der Waals surface area contributed by atoms with Crippen LogP contribution >= 0.6 is 0 Å². The summed E-state index contributed by atoms with van der Waals surface area (Å²) in [5.74, 6) is 0.00808. The first-order chi connectivity index (χ1) is 16.7. The molecule has 0 saturated heterocycles. The lowest BCUT2D eigenvalue weighted by Crippen LogP contribution is -2.29. The molecule has 0 saturated carbocycles. The van der Waals surface area contributed by atoms with E-state index in [1.54, 1.807) is 35.4 Å². The first kappa shape index (κ1) is 21.1. The van der Waals surface area contributed by atoms with Crippen LogP contribution in [0.25, 0.3) is 22.6 Å². The average Bonchev–Trinajstić information content (AvgIpc) is 3.52. The summed E-state index contributed by atoms with van der Waals surface area (Å²) in [4.78, 5) is 21.3. The van der Waals surface area contributed by atoms with E-state index in [-0.39, 0.29) is 11.9 Å². The molecule has 0 fully saturated rings. The van der Waals surface area contributed by atoms with Crippen LogP contribution in [0.15, 0.2) is 89.8 Å². The van der Waals surface area contributed by atoms with E-state index in [9.17, 15) is 4.79 Å². The van der Waals surface area contributed by atoms with Crippen molar-refractivity contribution in [2.75, 3.05) is 5.43 Å². The van der Waals surface area contributed by atoms with Crippen molar-refractivity contribution in [1.29, 1.82) is 0 Å². The molecule has 3 aromatic heterocycles. The molecule has 0 aliphatic carbocycles. The van der Waals surface area contributed by atoms with Crippen molar-refractivity contribution < 1.29 is 9.32 Å². The topological polar surface area (TPSA) is 111 Å². The minimum atomic E-state index is -0.376. The fourth-order valence-electron chi connectivity index (χ4n) is 3.43. The van der Waals surface area contributed by atoms with E-state index in [1.807, 2.05) is 61.5 Å². The molecule has 34 heavy (non-hydrogen) atoms. The molecule has 0 unspecified atom stereocenters. The maximum absolute atomic E-state index is 13.1. The van der Waals surface area contributed by atoms with Crippen LogP contribution in [0.5, 0.6) is 0 Å². The zero-order valence-electron chi connectivity index (χ0n) is 18.3. The van der Waals surface area contributed by atoms with E-state index < -0.39 is 0 Å². The molecule has 9 nitrogen and oxygen atoms in total. The van der Waals surface area contributed by atoms with Crippen LogP contribution in [0.3, 0.4) is 0 Å². The molecule has 0 radical (unpaired) electrons. The van der Waals surface area contributed by atoms with Gasteiger partial charge in [-0.1, -0.05) is 65.3 Å². The molecule has 0 spiro atoms. The summed E-state index contributed by atoms with van der Waals surface area (Å²) in [5.41, 5.74) is 10.1. The minimum absolute atomic E-state index is 0.0636. The number of hydrogen-bond donors (Lipinski definition) is 2. The second kappa shape index (κ2) is 9.37. The Morgan fingerprint density at radius 3 is 2.50 bits per heavy atom. The van der Waals surface area contributed by atoms with Crippen molar-refractivity contribution in [2.24, 2.45) is 0 Å². The zero-order chi connectivity index (χ0) is 23.3. The minimum Gasteiger partial charge on any atom is -0.313 e. The Morgan fingerprint density at radius 1 is 0.971 bits per heavy atom. The summed E-state index contributed by atoms with van der Waals surface area (Å²) in [6.07, 6.45) is 5.01. The molecule has 1 amide bonds.